The Labute approximate surface area is 153 Å². The van der Waals surface area contributed by atoms with Gasteiger partial charge in [0.15, 0.2) is 0 Å². The maximum Gasteiger partial charge on any atom is 0.252 e. The summed E-state index contributed by atoms with van der Waals surface area (Å²) >= 11 is 0. The number of carbonyl (C=O) groups is 1. The molecule has 0 radical (unpaired) electrons. The number of hydrogen-bond donors (Lipinski definition) is 2. The summed E-state index contributed by atoms with van der Waals surface area (Å²) in [6.07, 6.45) is 0.740. The van der Waals surface area contributed by atoms with Gasteiger partial charge in [-0.15, -0.1) is 0 Å². The predicted molar refractivity (Wildman–Crippen MR) is 103 cm³/mol. The highest BCUT2D eigenvalue weighted by Gasteiger charge is 2.30. The Morgan fingerprint density at radius 2 is 2.04 bits per heavy atom. The molecule has 2 N–H and O–H groups in total. The Balaban J connectivity index is 2.49. The number of nitrogens with one attached hydrogen (secondary N) is 2. The number of fused-ring (bicyclic) bond motifs is 1. The molecule has 6 nitrogen and oxygen atoms in total. The summed E-state index contributed by atoms with van der Waals surface area (Å²) in [6.45, 7) is 12.5. The summed E-state index contributed by atoms with van der Waals surface area (Å²) in [5, 5.41) is 2.88. The fourth-order valence-electron chi connectivity index (χ4n) is 2.60. The first-order chi connectivity index (χ1) is 11.6. The molecule has 1 amide bonds. The van der Waals surface area contributed by atoms with E-state index in [1.165, 1.54) is 0 Å². The molecule has 25 heavy (non-hydrogen) atoms. The van der Waals surface area contributed by atoms with E-state index in [0.717, 1.165) is 23.5 Å². The minimum absolute atomic E-state index is 0.0659. The van der Waals surface area contributed by atoms with E-state index in [9.17, 15) is 9.00 Å². The summed E-state index contributed by atoms with van der Waals surface area (Å²) in [5.41, 5.74) is 2.41. The van der Waals surface area contributed by atoms with E-state index in [1.807, 2.05) is 45.7 Å². The summed E-state index contributed by atoms with van der Waals surface area (Å²) in [7, 11) is 0.762. The van der Waals surface area contributed by atoms with Gasteiger partial charge in [-0.1, -0.05) is 6.92 Å². The molecule has 140 valence electrons. The van der Waals surface area contributed by atoms with Crippen LogP contribution in [0.1, 0.15) is 75.6 Å². The molecule has 2 rings (SSSR count). The molecule has 7 heteroatoms. The third-order valence-corrected chi connectivity index (χ3v) is 6.10. The zero-order valence-corrected chi connectivity index (χ0v) is 17.1. The molecule has 0 bridgehead atoms. The van der Waals surface area contributed by atoms with E-state index in [1.54, 1.807) is 0 Å². The lowest BCUT2D eigenvalue weighted by Crippen LogP contribution is -2.36. The molecule has 1 unspecified atom stereocenters. The van der Waals surface area contributed by atoms with Crippen LogP contribution in [0.15, 0.2) is 6.07 Å². The normalized spacial score (nSPS) is 16.6. The average molecular weight is 367 g/mol. The highest BCUT2D eigenvalue weighted by molar-refractivity contribution is 7.84. The number of carbonyl (C=O) groups excluding carboxylic acids is 1. The zero-order chi connectivity index (χ0) is 18.9. The summed E-state index contributed by atoms with van der Waals surface area (Å²) < 4.78 is 15.4. The number of aromatic nitrogens is 1. The Morgan fingerprint density at radius 3 is 2.56 bits per heavy atom. The molecule has 1 aromatic heterocycles. The monoisotopic (exact) mass is 366 g/mol. The van der Waals surface area contributed by atoms with E-state index in [4.69, 9.17) is 4.98 Å². The molecular formula is C18H30N4O2S. The first-order valence-corrected chi connectivity index (χ1v) is 9.94. The fraction of sp³-hybridized carbons (Fsp3) is 0.667. The van der Waals surface area contributed by atoms with Crippen molar-refractivity contribution in [1.82, 2.24) is 15.0 Å². The van der Waals surface area contributed by atoms with E-state index >= 15 is 0 Å². The van der Waals surface area contributed by atoms with Gasteiger partial charge < -0.3 is 10.2 Å². The molecule has 1 aromatic rings. The van der Waals surface area contributed by atoms with Crippen LogP contribution in [-0.4, -0.2) is 32.9 Å². The third-order valence-electron chi connectivity index (χ3n) is 4.49. The van der Waals surface area contributed by atoms with Crippen LogP contribution in [0.4, 0.5) is 5.82 Å². The largest absolute Gasteiger partial charge is 0.357 e. The van der Waals surface area contributed by atoms with Crippen molar-refractivity contribution in [3.05, 3.63) is 22.9 Å². The summed E-state index contributed by atoms with van der Waals surface area (Å²) in [5.74, 6) is 0.700. The van der Waals surface area contributed by atoms with Crippen LogP contribution in [0.2, 0.25) is 0 Å². The van der Waals surface area contributed by atoms with Gasteiger partial charge in [0, 0.05) is 30.8 Å². The van der Waals surface area contributed by atoms with Crippen LogP contribution < -0.4 is 14.9 Å². The van der Waals surface area contributed by atoms with Crippen molar-refractivity contribution in [3.63, 3.8) is 0 Å². The minimum Gasteiger partial charge on any atom is -0.357 e. The van der Waals surface area contributed by atoms with Crippen LogP contribution in [0.25, 0.3) is 0 Å². The van der Waals surface area contributed by atoms with Crippen molar-refractivity contribution in [2.24, 2.45) is 0 Å². The van der Waals surface area contributed by atoms with Gasteiger partial charge in [0.05, 0.1) is 27.5 Å². The van der Waals surface area contributed by atoms with Crippen LogP contribution in [0.3, 0.4) is 0 Å². The zero-order valence-electron chi connectivity index (χ0n) is 16.3. The Hall–Kier alpha value is -1.47. The van der Waals surface area contributed by atoms with Crippen LogP contribution in [0.5, 0.6) is 0 Å². The van der Waals surface area contributed by atoms with Crippen LogP contribution in [-0.2, 0) is 17.5 Å². The van der Waals surface area contributed by atoms with Gasteiger partial charge in [0.2, 0.25) is 0 Å². The topological polar surface area (TPSA) is 74.3 Å². The van der Waals surface area contributed by atoms with Gasteiger partial charge in [-0.05, 0) is 47.1 Å². The first kappa shape index (κ1) is 19.8. The maximum atomic E-state index is 12.6. The number of anilines is 1. The van der Waals surface area contributed by atoms with Gasteiger partial charge in [-0.25, -0.2) is 13.9 Å². The highest BCUT2D eigenvalue weighted by atomic mass is 32.2. The third kappa shape index (κ3) is 4.20. The second-order valence-electron chi connectivity index (χ2n) is 7.74. The average Bonchev–Trinajstić information content (AvgIpc) is 2.91. The minimum atomic E-state index is -1.21. The molecule has 0 saturated carbocycles. The molecule has 0 spiro atoms. The lowest BCUT2D eigenvalue weighted by atomic mass is 10.0. The van der Waals surface area contributed by atoms with Gasteiger partial charge in [-0.2, -0.15) is 0 Å². The van der Waals surface area contributed by atoms with Gasteiger partial charge >= 0.3 is 0 Å². The van der Waals surface area contributed by atoms with Gasteiger partial charge in [-0.3, -0.25) is 4.79 Å². The first-order valence-electron chi connectivity index (χ1n) is 8.79. The molecule has 1 aliphatic rings. The quantitative estimate of drug-likeness (QED) is 0.812. The molecule has 0 aromatic carbocycles. The van der Waals surface area contributed by atoms with Crippen molar-refractivity contribution in [3.8, 4) is 0 Å². The predicted octanol–water partition coefficient (Wildman–Crippen LogP) is 2.67. The summed E-state index contributed by atoms with van der Waals surface area (Å²) in [6, 6.07) is 1.95. The van der Waals surface area contributed by atoms with Crippen molar-refractivity contribution in [2.75, 3.05) is 11.9 Å². The smallest absolute Gasteiger partial charge is 0.252 e. The van der Waals surface area contributed by atoms with Gasteiger partial charge in [0.25, 0.3) is 5.91 Å². The molecular weight excluding hydrogens is 336 g/mol. The van der Waals surface area contributed by atoms with E-state index in [-0.39, 0.29) is 22.7 Å². The fourth-order valence-corrected chi connectivity index (χ4v) is 3.49. The van der Waals surface area contributed by atoms with E-state index < -0.39 is 11.0 Å². The Bertz CT molecular complexity index is 682. The number of hydrogen-bond acceptors (Lipinski definition) is 4. The number of nitrogens with zero attached hydrogens (tertiary/aromatic N) is 2. The molecule has 0 saturated heterocycles. The van der Waals surface area contributed by atoms with E-state index in [0.29, 0.717) is 12.1 Å². The van der Waals surface area contributed by atoms with Crippen LogP contribution >= 0.6 is 0 Å². The van der Waals surface area contributed by atoms with E-state index in [2.05, 4.69) is 23.9 Å². The Kier molecular flexibility index (Phi) is 5.89. The molecule has 0 fully saturated rings. The summed E-state index contributed by atoms with van der Waals surface area (Å²) in [4.78, 5) is 19.1. The molecule has 1 aliphatic heterocycles. The molecule has 0 aliphatic carbocycles. The maximum absolute atomic E-state index is 12.6. The van der Waals surface area contributed by atoms with Crippen molar-refractivity contribution in [2.45, 2.75) is 71.3 Å². The second kappa shape index (κ2) is 7.41. The number of rotatable bonds is 6. The number of pyridine rings is 1. The lowest BCUT2D eigenvalue weighted by molar-refractivity contribution is 0.0965. The highest BCUT2D eigenvalue weighted by Crippen LogP contribution is 2.30. The number of amides is 1. The van der Waals surface area contributed by atoms with Crippen molar-refractivity contribution in [1.29, 1.82) is 0 Å². The second-order valence-corrected chi connectivity index (χ2v) is 9.74. The van der Waals surface area contributed by atoms with Crippen molar-refractivity contribution >= 4 is 22.7 Å². The lowest BCUT2D eigenvalue weighted by Gasteiger charge is -2.27. The van der Waals surface area contributed by atoms with Gasteiger partial charge in [0.1, 0.15) is 5.82 Å². The SMILES string of the molecule is CC[C@@H](NS(=O)C(C)(C)C)c1nc(N(C)C(C)C)cc2c1CNC2=O. The standard InChI is InChI=1S/C18H30N4O2S/c1-8-14(21-25(24)18(4,5)6)16-13-10-19-17(23)12(13)9-15(20-16)22(7)11(2)3/h9,11,14,21H,8,10H2,1-7H3,(H,19,23)/t14-,25?/m1/s1. The Morgan fingerprint density at radius 1 is 1.40 bits per heavy atom. The van der Waals surface area contributed by atoms with Crippen molar-refractivity contribution < 1.29 is 9.00 Å². The van der Waals surface area contributed by atoms with Crippen LogP contribution in [0, 0.1) is 0 Å². The molecule has 2 atom stereocenters. The molecule has 2 heterocycles.